The summed E-state index contributed by atoms with van der Waals surface area (Å²) in [6.45, 7) is 3.38. The molecule has 0 atom stereocenters. The van der Waals surface area contributed by atoms with Crippen LogP contribution in [0.25, 0.3) is 0 Å². The van der Waals surface area contributed by atoms with Gasteiger partial charge >= 0.3 is 0 Å². The van der Waals surface area contributed by atoms with Crippen LogP contribution in [0.2, 0.25) is 0 Å². The van der Waals surface area contributed by atoms with Crippen molar-refractivity contribution in [3.63, 3.8) is 0 Å². The zero-order chi connectivity index (χ0) is 14.8. The summed E-state index contributed by atoms with van der Waals surface area (Å²) in [4.78, 5) is 14.4. The van der Waals surface area contributed by atoms with E-state index >= 15 is 0 Å². The first kappa shape index (κ1) is 16.4. The van der Waals surface area contributed by atoms with Crippen molar-refractivity contribution in [1.29, 1.82) is 0 Å². The molecule has 0 aliphatic carbocycles. The standard InChI is InChI=1S/C17H20N2O2.ClH/c1-12-8-9-13(21-12)11-19(2)17(20)15-5-3-7-16-14(15)6-4-10-18-16;/h3,5,7-9,18H,4,6,10-11H2,1-2H3;1H. The van der Waals surface area contributed by atoms with Gasteiger partial charge in [0.15, 0.2) is 0 Å². The van der Waals surface area contributed by atoms with E-state index in [-0.39, 0.29) is 18.3 Å². The number of nitrogens with one attached hydrogen (secondary N) is 1. The smallest absolute Gasteiger partial charge is 0.254 e. The minimum atomic E-state index is 0. The highest BCUT2D eigenvalue weighted by Crippen LogP contribution is 2.26. The zero-order valence-corrected chi connectivity index (χ0v) is 13.7. The predicted molar refractivity (Wildman–Crippen MR) is 89.7 cm³/mol. The average molecular weight is 321 g/mol. The van der Waals surface area contributed by atoms with Gasteiger partial charge in [-0.05, 0) is 49.6 Å². The fourth-order valence-corrected chi connectivity index (χ4v) is 2.79. The van der Waals surface area contributed by atoms with Crippen LogP contribution in [0, 0.1) is 6.92 Å². The summed E-state index contributed by atoms with van der Waals surface area (Å²) in [6, 6.07) is 9.73. The molecule has 0 radical (unpaired) electrons. The van der Waals surface area contributed by atoms with Crippen molar-refractivity contribution >= 4 is 24.0 Å². The van der Waals surface area contributed by atoms with Gasteiger partial charge in [-0.3, -0.25) is 4.79 Å². The number of carbonyl (C=O) groups excluding carboxylic acids is 1. The molecule has 4 nitrogen and oxygen atoms in total. The van der Waals surface area contributed by atoms with E-state index in [1.165, 1.54) is 0 Å². The molecule has 0 saturated carbocycles. The Morgan fingerprint density at radius 3 is 2.86 bits per heavy atom. The molecule has 5 heteroatoms. The quantitative estimate of drug-likeness (QED) is 0.939. The summed E-state index contributed by atoms with van der Waals surface area (Å²) in [5, 5.41) is 3.36. The van der Waals surface area contributed by atoms with Crippen LogP contribution in [0.5, 0.6) is 0 Å². The summed E-state index contributed by atoms with van der Waals surface area (Å²) in [7, 11) is 1.82. The Kier molecular flexibility index (Phi) is 5.14. The molecule has 0 fully saturated rings. The number of hydrogen-bond donors (Lipinski definition) is 1. The van der Waals surface area contributed by atoms with E-state index in [1.54, 1.807) is 4.90 Å². The van der Waals surface area contributed by atoms with E-state index in [0.29, 0.717) is 6.54 Å². The first-order valence-corrected chi connectivity index (χ1v) is 7.31. The maximum atomic E-state index is 12.7. The van der Waals surface area contributed by atoms with Gasteiger partial charge in [-0.2, -0.15) is 0 Å². The van der Waals surface area contributed by atoms with Crippen molar-refractivity contribution in [2.75, 3.05) is 18.9 Å². The van der Waals surface area contributed by atoms with Gasteiger partial charge in [0.25, 0.3) is 5.91 Å². The zero-order valence-electron chi connectivity index (χ0n) is 12.9. The molecular weight excluding hydrogens is 300 g/mol. The number of furan rings is 1. The van der Waals surface area contributed by atoms with E-state index < -0.39 is 0 Å². The van der Waals surface area contributed by atoms with Crippen molar-refractivity contribution in [3.8, 4) is 0 Å². The molecular formula is C17H21ClN2O2. The lowest BCUT2D eigenvalue weighted by atomic mass is 9.97. The molecule has 1 amide bonds. The van der Waals surface area contributed by atoms with Crippen molar-refractivity contribution < 1.29 is 9.21 Å². The third-order valence-corrected chi connectivity index (χ3v) is 3.86. The van der Waals surface area contributed by atoms with E-state index in [1.807, 2.05) is 44.3 Å². The number of carbonyl (C=O) groups is 1. The number of fused-ring (bicyclic) bond motifs is 1. The topological polar surface area (TPSA) is 45.5 Å². The number of hydrogen-bond acceptors (Lipinski definition) is 3. The van der Waals surface area contributed by atoms with Gasteiger partial charge in [-0.25, -0.2) is 0 Å². The van der Waals surface area contributed by atoms with Crippen molar-refractivity contribution in [2.45, 2.75) is 26.3 Å². The molecule has 1 aromatic carbocycles. The van der Waals surface area contributed by atoms with Crippen LogP contribution in [0.3, 0.4) is 0 Å². The predicted octanol–water partition coefficient (Wildman–Crippen LogP) is 3.64. The van der Waals surface area contributed by atoms with E-state index in [9.17, 15) is 4.79 Å². The minimum absolute atomic E-state index is 0. The molecule has 1 aliphatic heterocycles. The molecule has 1 aromatic heterocycles. The third kappa shape index (κ3) is 3.28. The largest absolute Gasteiger partial charge is 0.464 e. The molecule has 2 aromatic rings. The number of amides is 1. The Balaban J connectivity index is 0.00000176. The Bertz CT molecular complexity index is 666. The summed E-state index contributed by atoms with van der Waals surface area (Å²) >= 11 is 0. The second-order valence-corrected chi connectivity index (χ2v) is 5.54. The molecule has 118 valence electrons. The summed E-state index contributed by atoms with van der Waals surface area (Å²) in [6.07, 6.45) is 2.02. The van der Waals surface area contributed by atoms with E-state index in [0.717, 1.165) is 47.7 Å². The summed E-state index contributed by atoms with van der Waals surface area (Å²) < 4.78 is 5.55. The number of aryl methyl sites for hydroxylation is 1. The molecule has 2 heterocycles. The first-order valence-electron chi connectivity index (χ1n) is 7.31. The molecule has 1 aliphatic rings. The molecule has 0 saturated heterocycles. The van der Waals surface area contributed by atoms with Crippen LogP contribution in [0.4, 0.5) is 5.69 Å². The number of nitrogens with zero attached hydrogens (tertiary/aromatic N) is 1. The number of rotatable bonds is 3. The van der Waals surface area contributed by atoms with Crippen LogP contribution in [-0.2, 0) is 13.0 Å². The Hall–Kier alpha value is -1.94. The minimum Gasteiger partial charge on any atom is -0.464 e. The molecule has 0 unspecified atom stereocenters. The highest BCUT2D eigenvalue weighted by Gasteiger charge is 2.20. The van der Waals surface area contributed by atoms with Gasteiger partial charge in [-0.1, -0.05) is 6.07 Å². The van der Waals surface area contributed by atoms with E-state index in [4.69, 9.17) is 4.42 Å². The molecule has 3 rings (SSSR count). The fourth-order valence-electron chi connectivity index (χ4n) is 2.79. The van der Waals surface area contributed by atoms with Gasteiger partial charge in [0, 0.05) is 24.8 Å². The van der Waals surface area contributed by atoms with Gasteiger partial charge < -0.3 is 14.6 Å². The maximum Gasteiger partial charge on any atom is 0.254 e. The number of halogens is 1. The van der Waals surface area contributed by atoms with Gasteiger partial charge in [0.05, 0.1) is 6.54 Å². The number of anilines is 1. The van der Waals surface area contributed by atoms with Crippen LogP contribution >= 0.6 is 12.4 Å². The molecule has 22 heavy (non-hydrogen) atoms. The molecule has 0 bridgehead atoms. The van der Waals surface area contributed by atoms with Crippen LogP contribution in [0.1, 0.15) is 33.9 Å². The normalized spacial score (nSPS) is 12.8. The average Bonchev–Trinajstić information content (AvgIpc) is 2.91. The second kappa shape index (κ2) is 6.88. The van der Waals surface area contributed by atoms with Crippen LogP contribution in [0.15, 0.2) is 34.7 Å². The van der Waals surface area contributed by atoms with Crippen molar-refractivity contribution in [3.05, 3.63) is 53.0 Å². The first-order chi connectivity index (χ1) is 10.1. The van der Waals surface area contributed by atoms with Crippen molar-refractivity contribution in [1.82, 2.24) is 4.90 Å². The number of benzene rings is 1. The van der Waals surface area contributed by atoms with Gasteiger partial charge in [0.2, 0.25) is 0 Å². The SMILES string of the molecule is Cc1ccc(CN(C)C(=O)c2cccc3c2CCCN3)o1.Cl. The highest BCUT2D eigenvalue weighted by molar-refractivity contribution is 5.97. The van der Waals surface area contributed by atoms with Gasteiger partial charge in [0.1, 0.15) is 11.5 Å². The summed E-state index contributed by atoms with van der Waals surface area (Å²) in [5.41, 5.74) is 3.02. The summed E-state index contributed by atoms with van der Waals surface area (Å²) in [5.74, 6) is 1.73. The Morgan fingerprint density at radius 1 is 1.32 bits per heavy atom. The Morgan fingerprint density at radius 2 is 2.14 bits per heavy atom. The van der Waals surface area contributed by atoms with Crippen molar-refractivity contribution in [2.24, 2.45) is 0 Å². The van der Waals surface area contributed by atoms with Crippen LogP contribution < -0.4 is 5.32 Å². The lowest BCUT2D eigenvalue weighted by Gasteiger charge is -2.23. The van der Waals surface area contributed by atoms with Gasteiger partial charge in [-0.15, -0.1) is 12.4 Å². The lowest BCUT2D eigenvalue weighted by Crippen LogP contribution is -2.28. The monoisotopic (exact) mass is 320 g/mol. The second-order valence-electron chi connectivity index (χ2n) is 5.54. The molecule has 1 N–H and O–H groups in total. The highest BCUT2D eigenvalue weighted by atomic mass is 35.5. The third-order valence-electron chi connectivity index (χ3n) is 3.86. The van der Waals surface area contributed by atoms with E-state index in [2.05, 4.69) is 5.32 Å². The molecule has 0 spiro atoms. The lowest BCUT2D eigenvalue weighted by molar-refractivity contribution is 0.0774. The fraction of sp³-hybridized carbons (Fsp3) is 0.353. The van der Waals surface area contributed by atoms with Crippen LogP contribution in [-0.4, -0.2) is 24.4 Å². The Labute approximate surface area is 136 Å². The maximum absolute atomic E-state index is 12.7.